The van der Waals surface area contributed by atoms with E-state index in [-0.39, 0.29) is 10.3 Å². The minimum atomic E-state index is -4.51. The third-order valence-electron chi connectivity index (χ3n) is 5.36. The average molecular weight is 488 g/mol. The summed E-state index contributed by atoms with van der Waals surface area (Å²) >= 11 is 12.1. The summed E-state index contributed by atoms with van der Waals surface area (Å²) in [5.41, 5.74) is 1.99. The van der Waals surface area contributed by atoms with Crippen molar-refractivity contribution in [3.05, 3.63) is 82.6 Å². The first-order valence-electron chi connectivity index (χ1n) is 9.74. The zero-order valence-electron chi connectivity index (χ0n) is 17.0. The second kappa shape index (κ2) is 7.90. The van der Waals surface area contributed by atoms with Gasteiger partial charge in [0.2, 0.25) is 5.28 Å². The van der Waals surface area contributed by atoms with Crippen molar-refractivity contribution in [2.75, 3.05) is 11.9 Å². The first kappa shape index (κ1) is 21.5. The second-order valence-electron chi connectivity index (χ2n) is 7.36. The van der Waals surface area contributed by atoms with E-state index in [1.807, 2.05) is 60.5 Å². The van der Waals surface area contributed by atoms with Crippen LogP contribution < -0.4 is 4.90 Å². The molecule has 0 aliphatic carbocycles. The highest BCUT2D eigenvalue weighted by Gasteiger charge is 2.33. The maximum atomic E-state index is 13.1. The van der Waals surface area contributed by atoms with E-state index in [0.717, 1.165) is 22.7 Å². The van der Waals surface area contributed by atoms with Crippen molar-refractivity contribution in [2.45, 2.75) is 6.18 Å². The summed E-state index contributed by atoms with van der Waals surface area (Å²) in [7, 11) is 1.85. The summed E-state index contributed by atoms with van der Waals surface area (Å²) in [5, 5.41) is 8.65. The summed E-state index contributed by atoms with van der Waals surface area (Å²) in [4.78, 5) is 6.52. The van der Waals surface area contributed by atoms with Gasteiger partial charge in [0, 0.05) is 18.1 Å². The summed E-state index contributed by atoms with van der Waals surface area (Å²) in [5.74, 6) is 0.982. The average Bonchev–Trinajstić information content (AvgIpc) is 3.18. The van der Waals surface area contributed by atoms with E-state index in [2.05, 4.69) is 15.2 Å². The number of halogens is 5. The van der Waals surface area contributed by atoms with Gasteiger partial charge in [0.15, 0.2) is 0 Å². The van der Waals surface area contributed by atoms with Crippen LogP contribution in [0.1, 0.15) is 5.56 Å². The maximum Gasteiger partial charge on any atom is 0.417 e. The van der Waals surface area contributed by atoms with Crippen molar-refractivity contribution >= 4 is 51.4 Å². The van der Waals surface area contributed by atoms with Gasteiger partial charge in [-0.15, -0.1) is 10.2 Å². The Morgan fingerprint density at radius 3 is 2.39 bits per heavy atom. The molecule has 5 rings (SSSR count). The summed E-state index contributed by atoms with van der Waals surface area (Å²) in [6.07, 6.45) is -4.51. The summed E-state index contributed by atoms with van der Waals surface area (Å²) in [6, 6.07) is 18.7. The number of alkyl halides is 3. The zero-order valence-corrected chi connectivity index (χ0v) is 18.5. The molecule has 0 saturated heterocycles. The van der Waals surface area contributed by atoms with Crippen LogP contribution in [0, 0.1) is 0 Å². The van der Waals surface area contributed by atoms with Gasteiger partial charge >= 0.3 is 6.18 Å². The van der Waals surface area contributed by atoms with Gasteiger partial charge < -0.3 is 4.90 Å². The quantitative estimate of drug-likeness (QED) is 0.273. The molecule has 5 aromatic rings. The number of benzene rings is 3. The first-order chi connectivity index (χ1) is 15.7. The lowest BCUT2D eigenvalue weighted by atomic mass is 10.0. The number of hydrogen-bond acceptors (Lipinski definition) is 4. The topological polar surface area (TPSA) is 46.3 Å². The van der Waals surface area contributed by atoms with Crippen molar-refractivity contribution in [3.8, 4) is 11.1 Å². The van der Waals surface area contributed by atoms with Gasteiger partial charge in [0.1, 0.15) is 5.82 Å². The molecule has 5 nitrogen and oxygen atoms in total. The van der Waals surface area contributed by atoms with E-state index >= 15 is 0 Å². The molecule has 0 N–H and O–H groups in total. The third-order valence-corrected chi connectivity index (χ3v) is 5.91. The molecule has 2 aromatic heterocycles. The van der Waals surface area contributed by atoms with E-state index in [9.17, 15) is 13.2 Å². The Hall–Kier alpha value is -3.36. The first-order valence-corrected chi connectivity index (χ1v) is 10.5. The van der Waals surface area contributed by atoms with E-state index < -0.39 is 11.7 Å². The lowest BCUT2D eigenvalue weighted by Gasteiger charge is -2.21. The van der Waals surface area contributed by atoms with Crippen LogP contribution in [-0.4, -0.2) is 26.6 Å². The van der Waals surface area contributed by atoms with Crippen molar-refractivity contribution in [2.24, 2.45) is 0 Å². The number of rotatable bonds is 3. The predicted octanol–water partition coefficient (Wildman–Crippen LogP) is 7.04. The fraction of sp³-hybridized carbons (Fsp3) is 0.0870. The minimum Gasteiger partial charge on any atom is -0.329 e. The molecule has 0 saturated carbocycles. The van der Waals surface area contributed by atoms with Crippen LogP contribution in [0.4, 0.5) is 24.7 Å². The van der Waals surface area contributed by atoms with Crippen LogP contribution in [-0.2, 0) is 6.18 Å². The van der Waals surface area contributed by atoms with Crippen LogP contribution >= 0.6 is 23.2 Å². The number of anilines is 2. The van der Waals surface area contributed by atoms with Gasteiger partial charge in [0.05, 0.1) is 16.1 Å². The molecule has 3 aromatic carbocycles. The molecule has 0 aliphatic heterocycles. The monoisotopic (exact) mass is 487 g/mol. The molecule has 0 atom stereocenters. The largest absolute Gasteiger partial charge is 0.417 e. The number of fused-ring (bicyclic) bond motifs is 3. The number of hydrogen-bond donors (Lipinski definition) is 0. The normalized spacial score (nSPS) is 11.9. The van der Waals surface area contributed by atoms with E-state index in [1.165, 1.54) is 12.1 Å². The Morgan fingerprint density at radius 2 is 1.64 bits per heavy atom. The maximum absolute atomic E-state index is 13.1. The van der Waals surface area contributed by atoms with Crippen LogP contribution in [0.15, 0.2) is 66.7 Å². The summed E-state index contributed by atoms with van der Waals surface area (Å²) < 4.78 is 40.9. The Labute approximate surface area is 196 Å². The van der Waals surface area contributed by atoms with E-state index in [1.54, 1.807) is 4.40 Å². The van der Waals surface area contributed by atoms with Crippen LogP contribution in [0.3, 0.4) is 0 Å². The molecule has 10 heteroatoms. The Bertz CT molecular complexity index is 1510. The van der Waals surface area contributed by atoms with Crippen LogP contribution in [0.25, 0.3) is 27.8 Å². The van der Waals surface area contributed by atoms with Gasteiger partial charge in [-0.3, -0.25) is 0 Å². The lowest BCUT2D eigenvalue weighted by Crippen LogP contribution is -2.13. The van der Waals surface area contributed by atoms with E-state index in [0.29, 0.717) is 22.7 Å². The zero-order chi connectivity index (χ0) is 23.3. The minimum absolute atomic E-state index is 0.212. The Kier molecular flexibility index (Phi) is 5.14. The molecular formula is C23H14Cl2F3N5. The smallest absolute Gasteiger partial charge is 0.329 e. The van der Waals surface area contributed by atoms with Crippen molar-refractivity contribution in [3.63, 3.8) is 0 Å². The molecule has 0 spiro atoms. The molecule has 0 fully saturated rings. The molecule has 0 amide bonds. The summed E-state index contributed by atoms with van der Waals surface area (Å²) in [6.45, 7) is 0. The Balaban J connectivity index is 1.60. The van der Waals surface area contributed by atoms with Gasteiger partial charge in [-0.2, -0.15) is 18.2 Å². The van der Waals surface area contributed by atoms with E-state index in [4.69, 9.17) is 23.2 Å². The van der Waals surface area contributed by atoms with Gasteiger partial charge in [-0.25, -0.2) is 4.40 Å². The number of nitrogens with zero attached hydrogens (tertiary/aromatic N) is 5. The van der Waals surface area contributed by atoms with Crippen molar-refractivity contribution < 1.29 is 13.2 Å². The number of para-hydroxylation sites is 1. The molecule has 166 valence electrons. The third kappa shape index (κ3) is 3.75. The highest BCUT2D eigenvalue weighted by molar-refractivity contribution is 6.31. The molecule has 0 radical (unpaired) electrons. The number of aromatic nitrogens is 4. The fourth-order valence-electron chi connectivity index (χ4n) is 3.75. The standard InChI is InChI=1S/C23H14Cl2F3N5/c1-32(20-16-7-2-3-8-19(16)33-21(25)30-31-22(33)29-20)15-6-4-5-13(11-15)14-9-10-17(18(24)12-14)23(26,27)28/h2-12H,1H3. The van der Waals surface area contributed by atoms with Crippen molar-refractivity contribution in [1.82, 2.24) is 19.6 Å². The molecule has 0 aliphatic rings. The molecule has 0 bridgehead atoms. The lowest BCUT2D eigenvalue weighted by molar-refractivity contribution is -0.137. The van der Waals surface area contributed by atoms with Gasteiger partial charge in [0.25, 0.3) is 5.78 Å². The fourth-order valence-corrected chi connectivity index (χ4v) is 4.24. The molecule has 33 heavy (non-hydrogen) atoms. The van der Waals surface area contributed by atoms with Gasteiger partial charge in [-0.1, -0.05) is 41.9 Å². The van der Waals surface area contributed by atoms with Crippen molar-refractivity contribution in [1.29, 1.82) is 0 Å². The predicted molar refractivity (Wildman–Crippen MR) is 123 cm³/mol. The Morgan fingerprint density at radius 1 is 0.879 bits per heavy atom. The highest BCUT2D eigenvalue weighted by atomic mass is 35.5. The second-order valence-corrected chi connectivity index (χ2v) is 8.10. The van der Waals surface area contributed by atoms with Gasteiger partial charge in [-0.05, 0) is 59.1 Å². The molecule has 0 unspecified atom stereocenters. The SMILES string of the molecule is CN(c1cccc(-c2ccc(C(F)(F)F)c(Cl)c2)c1)c1nc2nnc(Cl)n2c2ccccc12. The molecule has 2 heterocycles. The van der Waals surface area contributed by atoms with Crippen LogP contribution in [0.5, 0.6) is 0 Å². The van der Waals surface area contributed by atoms with Crippen LogP contribution in [0.2, 0.25) is 10.3 Å². The highest BCUT2D eigenvalue weighted by Crippen LogP contribution is 2.38. The molecular weight excluding hydrogens is 474 g/mol.